The molecule has 1 unspecified atom stereocenters. The Balaban J connectivity index is 2.22. The average Bonchev–Trinajstić information content (AvgIpc) is 2.35. The SMILES string of the molecule is CCNC(CC)CCCSc1ccccc1C. The van der Waals surface area contributed by atoms with Crippen molar-refractivity contribution in [2.75, 3.05) is 12.3 Å². The van der Waals surface area contributed by atoms with E-state index in [9.17, 15) is 0 Å². The first kappa shape index (κ1) is 14.6. The maximum Gasteiger partial charge on any atom is 0.0101 e. The predicted octanol–water partition coefficient (Wildman–Crippen LogP) is 4.26. The average molecular weight is 251 g/mol. The van der Waals surface area contributed by atoms with Gasteiger partial charge in [-0.3, -0.25) is 0 Å². The van der Waals surface area contributed by atoms with Gasteiger partial charge in [-0.15, -0.1) is 11.8 Å². The normalized spacial score (nSPS) is 12.6. The molecule has 0 heterocycles. The summed E-state index contributed by atoms with van der Waals surface area (Å²) in [6.45, 7) is 7.73. The summed E-state index contributed by atoms with van der Waals surface area (Å²) in [5, 5.41) is 3.53. The van der Waals surface area contributed by atoms with E-state index in [-0.39, 0.29) is 0 Å². The van der Waals surface area contributed by atoms with E-state index in [1.165, 1.54) is 35.5 Å². The van der Waals surface area contributed by atoms with E-state index >= 15 is 0 Å². The molecule has 0 fully saturated rings. The third-order valence-corrected chi connectivity index (χ3v) is 4.30. The van der Waals surface area contributed by atoms with E-state index in [0.29, 0.717) is 6.04 Å². The lowest BCUT2D eigenvalue weighted by Crippen LogP contribution is -2.28. The molecule has 2 heteroatoms. The van der Waals surface area contributed by atoms with Crippen LogP contribution in [0.2, 0.25) is 0 Å². The molecule has 1 N–H and O–H groups in total. The molecular formula is C15H25NS. The molecule has 0 saturated heterocycles. The van der Waals surface area contributed by atoms with Crippen molar-refractivity contribution >= 4 is 11.8 Å². The number of benzene rings is 1. The largest absolute Gasteiger partial charge is 0.314 e. The van der Waals surface area contributed by atoms with Crippen molar-refractivity contribution in [2.45, 2.75) is 51.0 Å². The molecule has 0 aromatic heterocycles. The third-order valence-electron chi connectivity index (χ3n) is 3.03. The van der Waals surface area contributed by atoms with Gasteiger partial charge in [0.2, 0.25) is 0 Å². The topological polar surface area (TPSA) is 12.0 Å². The van der Waals surface area contributed by atoms with E-state index in [1.54, 1.807) is 0 Å². The smallest absolute Gasteiger partial charge is 0.0101 e. The molecule has 96 valence electrons. The summed E-state index contributed by atoms with van der Waals surface area (Å²) in [7, 11) is 0. The van der Waals surface area contributed by atoms with Gasteiger partial charge in [-0.05, 0) is 50.1 Å². The molecule has 0 saturated carbocycles. The van der Waals surface area contributed by atoms with Crippen molar-refractivity contribution in [3.05, 3.63) is 29.8 Å². The van der Waals surface area contributed by atoms with E-state index in [1.807, 2.05) is 11.8 Å². The Bertz CT molecular complexity index is 312. The van der Waals surface area contributed by atoms with Gasteiger partial charge in [0.05, 0.1) is 0 Å². The molecule has 1 nitrogen and oxygen atoms in total. The Morgan fingerprint density at radius 3 is 2.65 bits per heavy atom. The highest BCUT2D eigenvalue weighted by Crippen LogP contribution is 2.23. The Morgan fingerprint density at radius 1 is 1.24 bits per heavy atom. The van der Waals surface area contributed by atoms with Gasteiger partial charge in [0.25, 0.3) is 0 Å². The molecular weight excluding hydrogens is 226 g/mol. The lowest BCUT2D eigenvalue weighted by Gasteiger charge is -2.15. The Kier molecular flexibility index (Phi) is 7.38. The number of rotatable bonds is 8. The number of hydrogen-bond acceptors (Lipinski definition) is 2. The van der Waals surface area contributed by atoms with Gasteiger partial charge in [-0.1, -0.05) is 32.0 Å². The van der Waals surface area contributed by atoms with E-state index in [4.69, 9.17) is 0 Å². The van der Waals surface area contributed by atoms with Gasteiger partial charge in [0, 0.05) is 10.9 Å². The third kappa shape index (κ3) is 5.60. The second kappa shape index (κ2) is 8.60. The van der Waals surface area contributed by atoms with Gasteiger partial charge < -0.3 is 5.32 Å². The molecule has 17 heavy (non-hydrogen) atoms. The van der Waals surface area contributed by atoms with Gasteiger partial charge in [-0.25, -0.2) is 0 Å². The molecule has 1 aromatic rings. The minimum absolute atomic E-state index is 0.706. The lowest BCUT2D eigenvalue weighted by atomic mass is 10.1. The molecule has 0 aliphatic rings. The van der Waals surface area contributed by atoms with Crippen molar-refractivity contribution < 1.29 is 0 Å². The first-order valence-electron chi connectivity index (χ1n) is 6.69. The van der Waals surface area contributed by atoms with Crippen LogP contribution in [-0.2, 0) is 0 Å². The highest BCUT2D eigenvalue weighted by molar-refractivity contribution is 7.99. The minimum atomic E-state index is 0.706. The van der Waals surface area contributed by atoms with Crippen molar-refractivity contribution in [3.8, 4) is 0 Å². The molecule has 1 aromatic carbocycles. The van der Waals surface area contributed by atoms with Gasteiger partial charge in [0.15, 0.2) is 0 Å². The van der Waals surface area contributed by atoms with Crippen LogP contribution in [0, 0.1) is 6.92 Å². The Morgan fingerprint density at radius 2 is 2.00 bits per heavy atom. The summed E-state index contributed by atoms with van der Waals surface area (Å²) >= 11 is 1.99. The van der Waals surface area contributed by atoms with Crippen LogP contribution in [0.15, 0.2) is 29.2 Å². The number of aryl methyl sites for hydroxylation is 1. The number of thioether (sulfide) groups is 1. The Hall–Kier alpha value is -0.470. The van der Waals surface area contributed by atoms with Crippen LogP contribution >= 0.6 is 11.8 Å². The maximum atomic E-state index is 3.53. The minimum Gasteiger partial charge on any atom is -0.314 e. The summed E-state index contributed by atoms with van der Waals surface area (Å²) in [6, 6.07) is 9.36. The summed E-state index contributed by atoms with van der Waals surface area (Å²) in [5.41, 5.74) is 1.40. The molecule has 0 aliphatic heterocycles. The zero-order valence-electron chi connectivity index (χ0n) is 11.3. The van der Waals surface area contributed by atoms with Crippen molar-refractivity contribution in [2.24, 2.45) is 0 Å². The summed E-state index contributed by atoms with van der Waals surface area (Å²) in [5.74, 6) is 1.23. The van der Waals surface area contributed by atoms with Crippen LogP contribution in [0.1, 0.15) is 38.7 Å². The summed E-state index contributed by atoms with van der Waals surface area (Å²) in [4.78, 5) is 1.43. The van der Waals surface area contributed by atoms with Gasteiger partial charge in [0.1, 0.15) is 0 Å². The van der Waals surface area contributed by atoms with Crippen molar-refractivity contribution in [1.29, 1.82) is 0 Å². The molecule has 0 aliphatic carbocycles. The van der Waals surface area contributed by atoms with Crippen LogP contribution in [0.5, 0.6) is 0 Å². The van der Waals surface area contributed by atoms with Crippen molar-refractivity contribution in [1.82, 2.24) is 5.32 Å². The molecule has 0 radical (unpaired) electrons. The zero-order chi connectivity index (χ0) is 12.5. The van der Waals surface area contributed by atoms with Crippen LogP contribution in [0.4, 0.5) is 0 Å². The van der Waals surface area contributed by atoms with Crippen LogP contribution in [0.3, 0.4) is 0 Å². The molecule has 0 bridgehead atoms. The summed E-state index contributed by atoms with van der Waals surface area (Å²) < 4.78 is 0. The molecule has 0 amide bonds. The first-order valence-corrected chi connectivity index (χ1v) is 7.68. The molecule has 0 spiro atoms. The fourth-order valence-electron chi connectivity index (χ4n) is 1.97. The number of nitrogens with one attached hydrogen (secondary N) is 1. The van der Waals surface area contributed by atoms with Gasteiger partial charge >= 0.3 is 0 Å². The second-order valence-corrected chi connectivity index (χ2v) is 5.56. The lowest BCUT2D eigenvalue weighted by molar-refractivity contribution is 0.477. The van der Waals surface area contributed by atoms with E-state index < -0.39 is 0 Å². The number of hydrogen-bond donors (Lipinski definition) is 1. The first-order chi connectivity index (χ1) is 8.27. The van der Waals surface area contributed by atoms with Gasteiger partial charge in [-0.2, -0.15) is 0 Å². The predicted molar refractivity (Wildman–Crippen MR) is 78.9 cm³/mol. The zero-order valence-corrected chi connectivity index (χ0v) is 12.1. The Labute approximate surface area is 110 Å². The maximum absolute atomic E-state index is 3.53. The summed E-state index contributed by atoms with van der Waals surface area (Å²) in [6.07, 6.45) is 3.83. The standard InChI is InChI=1S/C15H25NS/c1-4-14(16-5-2)10-8-12-17-15-11-7-6-9-13(15)3/h6-7,9,11,14,16H,4-5,8,10,12H2,1-3H3. The van der Waals surface area contributed by atoms with Crippen molar-refractivity contribution in [3.63, 3.8) is 0 Å². The highest BCUT2D eigenvalue weighted by atomic mass is 32.2. The quantitative estimate of drug-likeness (QED) is 0.547. The van der Waals surface area contributed by atoms with E-state index in [0.717, 1.165) is 6.54 Å². The molecule has 1 rings (SSSR count). The second-order valence-electron chi connectivity index (χ2n) is 4.42. The van der Waals surface area contributed by atoms with Crippen LogP contribution in [-0.4, -0.2) is 18.3 Å². The monoisotopic (exact) mass is 251 g/mol. The van der Waals surface area contributed by atoms with Crippen LogP contribution < -0.4 is 5.32 Å². The fourth-order valence-corrected chi connectivity index (χ4v) is 2.97. The highest BCUT2D eigenvalue weighted by Gasteiger charge is 2.04. The molecule has 1 atom stereocenters. The fraction of sp³-hybridized carbons (Fsp3) is 0.600. The van der Waals surface area contributed by atoms with Crippen LogP contribution in [0.25, 0.3) is 0 Å². The van der Waals surface area contributed by atoms with E-state index in [2.05, 4.69) is 50.4 Å².